The van der Waals surface area contributed by atoms with Gasteiger partial charge < -0.3 is 20.6 Å². The molecular weight excluding hydrogens is 426 g/mol. The molecule has 0 amide bonds. The van der Waals surface area contributed by atoms with E-state index in [4.69, 9.17) is 14.1 Å². The zero-order valence-electron chi connectivity index (χ0n) is 23.5. The van der Waals surface area contributed by atoms with Crippen LogP contribution >= 0.6 is 0 Å². The van der Waals surface area contributed by atoms with E-state index >= 15 is 0 Å². The molecule has 8 nitrogen and oxygen atoms in total. The first-order chi connectivity index (χ1) is 17.7. The molecule has 2 aliphatic rings. The van der Waals surface area contributed by atoms with Crippen molar-refractivity contribution >= 4 is 11.8 Å². The van der Waals surface area contributed by atoms with Crippen LogP contribution in [0.15, 0.2) is 24.5 Å². The molecule has 8 heteroatoms. The minimum absolute atomic E-state index is 0.176. The van der Waals surface area contributed by atoms with Gasteiger partial charge in [0.05, 0.1) is 17.4 Å². The third-order valence-electron chi connectivity index (χ3n) is 6.81. The van der Waals surface area contributed by atoms with E-state index < -0.39 is 12.9 Å². The van der Waals surface area contributed by atoms with Crippen LogP contribution in [0.4, 0.5) is 11.8 Å². The molecule has 186 valence electrons. The largest absolute Gasteiger partial charge is 0.393 e. The fourth-order valence-electron chi connectivity index (χ4n) is 4.62. The van der Waals surface area contributed by atoms with Crippen molar-refractivity contribution in [2.45, 2.75) is 77.0 Å². The molecule has 0 unspecified atom stereocenters. The lowest BCUT2D eigenvalue weighted by molar-refractivity contribution is 0.126. The van der Waals surface area contributed by atoms with Crippen LogP contribution in [-0.4, -0.2) is 81.3 Å². The first-order valence-corrected chi connectivity index (χ1v) is 12.7. The molecule has 1 aliphatic carbocycles. The molecule has 1 atom stereocenters. The number of anilines is 2. The Kier molecular flexibility index (Phi) is 7.37. The zero-order valence-corrected chi connectivity index (χ0v) is 20.5. The Labute approximate surface area is 208 Å². The van der Waals surface area contributed by atoms with Crippen molar-refractivity contribution in [3.63, 3.8) is 0 Å². The molecule has 0 bridgehead atoms. The molecule has 2 aromatic rings. The lowest BCUT2D eigenvalue weighted by Gasteiger charge is -2.32. The van der Waals surface area contributed by atoms with E-state index in [0.29, 0.717) is 18.2 Å². The van der Waals surface area contributed by atoms with Crippen LogP contribution in [-0.2, 0) is 6.54 Å². The third kappa shape index (κ3) is 6.87. The van der Waals surface area contributed by atoms with Crippen LogP contribution in [0.25, 0.3) is 11.3 Å². The number of rotatable bonds is 9. The highest BCUT2D eigenvalue weighted by Crippen LogP contribution is 2.29. The highest BCUT2D eigenvalue weighted by molar-refractivity contribution is 5.73. The molecule has 1 saturated heterocycles. The predicted molar refractivity (Wildman–Crippen MR) is 138 cm³/mol. The topological polar surface area (TPSA) is 89.4 Å². The van der Waals surface area contributed by atoms with E-state index in [1.54, 1.807) is 6.20 Å². The number of hydrogen-bond donors (Lipinski definition) is 3. The molecular formula is C26H41N7O. The number of pyridine rings is 1. The van der Waals surface area contributed by atoms with Gasteiger partial charge in [0.1, 0.15) is 5.82 Å². The second kappa shape index (κ2) is 11.9. The van der Waals surface area contributed by atoms with Crippen LogP contribution < -0.4 is 10.6 Å². The maximum atomic E-state index is 9.92. The van der Waals surface area contributed by atoms with Crippen molar-refractivity contribution in [2.75, 3.05) is 43.9 Å². The summed E-state index contributed by atoms with van der Waals surface area (Å²) in [6, 6.07) is 3.58. The maximum absolute atomic E-state index is 9.92. The smallest absolute Gasteiger partial charge is 0.224 e. The summed E-state index contributed by atoms with van der Waals surface area (Å²) in [7, 11) is 2.16. The van der Waals surface area contributed by atoms with Crippen molar-refractivity contribution in [1.82, 2.24) is 24.8 Å². The number of nitrogens with one attached hydrogen (secondary N) is 2. The predicted octanol–water partition coefficient (Wildman–Crippen LogP) is 3.60. The summed E-state index contributed by atoms with van der Waals surface area (Å²) >= 11 is 0. The van der Waals surface area contributed by atoms with E-state index in [1.165, 1.54) is 5.56 Å². The standard InChI is InChI=1S/C26H41N7O/c1-4-5-19(2)29-26-28-17-23(25(31-26)30-21-7-9-22(34)10-8-21)24-11-6-20(16-27-24)18-33-14-12-32(3)13-15-33/h6,11,16-17,19,21-22,34H,4-5,7-10,12-15,18H2,1-3H3,(H2,28,29,30,31)/t19-,21?,22?/m0/s1/i2D3. The normalized spacial score (nSPS) is 24.6. The minimum Gasteiger partial charge on any atom is -0.393 e. The number of hydrogen-bond acceptors (Lipinski definition) is 8. The Balaban J connectivity index is 1.54. The average Bonchev–Trinajstić information content (AvgIpc) is 2.87. The van der Waals surface area contributed by atoms with E-state index in [-0.39, 0.29) is 12.1 Å². The first-order valence-electron chi connectivity index (χ1n) is 14.2. The van der Waals surface area contributed by atoms with Crippen LogP contribution in [0.5, 0.6) is 0 Å². The summed E-state index contributed by atoms with van der Waals surface area (Å²) in [5, 5.41) is 16.5. The quantitative estimate of drug-likeness (QED) is 0.512. The summed E-state index contributed by atoms with van der Waals surface area (Å²) in [6.45, 7) is 4.97. The van der Waals surface area contributed by atoms with Crippen molar-refractivity contribution < 1.29 is 9.22 Å². The summed E-state index contributed by atoms with van der Waals surface area (Å²) in [5.41, 5.74) is 2.72. The Morgan fingerprint density at radius 2 is 1.91 bits per heavy atom. The summed E-state index contributed by atoms with van der Waals surface area (Å²) in [5.74, 6) is 0.933. The van der Waals surface area contributed by atoms with Gasteiger partial charge in [-0.2, -0.15) is 4.98 Å². The SMILES string of the molecule is [2H]C([2H])([2H])[C@@H](CCC)Nc1ncc(-c2ccc(CN3CCN(C)CC3)cn2)c(NC2CCC(O)CC2)n1. The Morgan fingerprint density at radius 1 is 1.12 bits per heavy atom. The number of aromatic nitrogens is 3. The fraction of sp³-hybridized carbons (Fsp3) is 0.654. The van der Waals surface area contributed by atoms with Crippen LogP contribution in [0.2, 0.25) is 0 Å². The number of piperazine rings is 1. The van der Waals surface area contributed by atoms with Gasteiger partial charge >= 0.3 is 0 Å². The zero-order chi connectivity index (χ0) is 26.4. The molecule has 3 heterocycles. The van der Waals surface area contributed by atoms with Gasteiger partial charge in [-0.05, 0) is 57.6 Å². The molecule has 1 aliphatic heterocycles. The molecule has 0 radical (unpaired) electrons. The Hall–Kier alpha value is -2.29. The summed E-state index contributed by atoms with van der Waals surface area (Å²) < 4.78 is 23.6. The van der Waals surface area contributed by atoms with Crippen molar-refractivity contribution in [3.05, 3.63) is 30.1 Å². The molecule has 2 fully saturated rings. The highest BCUT2D eigenvalue weighted by atomic mass is 16.3. The Morgan fingerprint density at radius 3 is 2.59 bits per heavy atom. The van der Waals surface area contributed by atoms with E-state index in [2.05, 4.69) is 38.5 Å². The number of aliphatic hydroxyl groups is 1. The molecule has 4 rings (SSSR count). The van der Waals surface area contributed by atoms with E-state index in [1.807, 2.05) is 19.2 Å². The van der Waals surface area contributed by atoms with Crippen molar-refractivity contribution in [2.24, 2.45) is 0 Å². The second-order valence-corrected chi connectivity index (χ2v) is 9.72. The molecule has 3 N–H and O–H groups in total. The van der Waals surface area contributed by atoms with Gasteiger partial charge in [-0.1, -0.05) is 19.4 Å². The number of aliphatic hydroxyl groups excluding tert-OH is 1. The van der Waals surface area contributed by atoms with Gasteiger partial charge in [0, 0.05) is 61.3 Å². The van der Waals surface area contributed by atoms with Crippen LogP contribution in [0, 0.1) is 0 Å². The average molecular weight is 471 g/mol. The van der Waals surface area contributed by atoms with Crippen LogP contribution in [0.1, 0.15) is 62.0 Å². The minimum atomic E-state index is -2.15. The monoisotopic (exact) mass is 470 g/mol. The van der Waals surface area contributed by atoms with Crippen molar-refractivity contribution in [3.8, 4) is 11.3 Å². The van der Waals surface area contributed by atoms with Crippen LogP contribution in [0.3, 0.4) is 0 Å². The number of likely N-dealkylation sites (N-methyl/N-ethyl adjacent to an activating group) is 1. The second-order valence-electron chi connectivity index (χ2n) is 9.72. The Bertz CT molecular complexity index is 989. The van der Waals surface area contributed by atoms with Gasteiger partial charge in [0.15, 0.2) is 0 Å². The molecule has 2 aromatic heterocycles. The van der Waals surface area contributed by atoms with Gasteiger partial charge in [0.25, 0.3) is 0 Å². The fourth-order valence-corrected chi connectivity index (χ4v) is 4.62. The first kappa shape index (κ1) is 21.0. The molecule has 34 heavy (non-hydrogen) atoms. The van der Waals surface area contributed by atoms with E-state index in [9.17, 15) is 5.11 Å². The van der Waals surface area contributed by atoms with Gasteiger partial charge in [0.2, 0.25) is 5.95 Å². The summed E-state index contributed by atoms with van der Waals surface area (Å²) in [6.07, 6.45) is 7.84. The van der Waals surface area contributed by atoms with Gasteiger partial charge in [-0.15, -0.1) is 0 Å². The van der Waals surface area contributed by atoms with Gasteiger partial charge in [-0.3, -0.25) is 9.88 Å². The maximum Gasteiger partial charge on any atom is 0.224 e. The molecule has 1 saturated carbocycles. The molecule has 0 aromatic carbocycles. The summed E-state index contributed by atoms with van der Waals surface area (Å²) in [4.78, 5) is 18.7. The molecule has 0 spiro atoms. The van der Waals surface area contributed by atoms with E-state index in [0.717, 1.165) is 76.1 Å². The van der Waals surface area contributed by atoms with Crippen molar-refractivity contribution in [1.29, 1.82) is 0 Å². The van der Waals surface area contributed by atoms with Gasteiger partial charge in [-0.25, -0.2) is 4.98 Å². The highest BCUT2D eigenvalue weighted by Gasteiger charge is 2.22. The lowest BCUT2D eigenvalue weighted by atomic mass is 9.93. The third-order valence-corrected chi connectivity index (χ3v) is 6.81. The lowest BCUT2D eigenvalue weighted by Crippen LogP contribution is -2.43. The number of nitrogens with zero attached hydrogens (tertiary/aromatic N) is 5.